The standard InChI is InChI=1S/C15H11BrN2O/c16-12-6-7-13(18-9-12)10-19-14-5-1-3-11-4-2-8-17-15(11)14/h1-9H,10H2. The van der Waals surface area contributed by atoms with Crippen LogP contribution in [0.25, 0.3) is 10.9 Å². The molecule has 0 bridgehead atoms. The Bertz CT molecular complexity index is 693. The predicted octanol–water partition coefficient (Wildman–Crippen LogP) is 3.97. The first-order chi connectivity index (χ1) is 9.33. The van der Waals surface area contributed by atoms with Gasteiger partial charge in [-0.25, -0.2) is 0 Å². The van der Waals surface area contributed by atoms with Gasteiger partial charge in [0.1, 0.15) is 17.9 Å². The molecule has 0 aliphatic heterocycles. The molecule has 0 atom stereocenters. The number of fused-ring (bicyclic) bond motifs is 1. The molecule has 0 amide bonds. The zero-order valence-corrected chi connectivity index (χ0v) is 11.7. The van der Waals surface area contributed by atoms with Crippen LogP contribution in [0.3, 0.4) is 0 Å². The molecule has 2 aromatic heterocycles. The fraction of sp³-hybridized carbons (Fsp3) is 0.0667. The Hall–Kier alpha value is -1.94. The van der Waals surface area contributed by atoms with E-state index in [1.54, 1.807) is 12.4 Å². The minimum atomic E-state index is 0.433. The highest BCUT2D eigenvalue weighted by Gasteiger charge is 2.03. The monoisotopic (exact) mass is 314 g/mol. The first-order valence-corrected chi connectivity index (χ1v) is 6.69. The molecule has 1 aromatic carbocycles. The van der Waals surface area contributed by atoms with Gasteiger partial charge in [0.25, 0.3) is 0 Å². The van der Waals surface area contributed by atoms with Gasteiger partial charge in [-0.3, -0.25) is 9.97 Å². The molecule has 0 aliphatic rings. The predicted molar refractivity (Wildman–Crippen MR) is 78.0 cm³/mol. The zero-order chi connectivity index (χ0) is 13.1. The quantitative estimate of drug-likeness (QED) is 0.733. The van der Waals surface area contributed by atoms with E-state index in [0.717, 1.165) is 26.8 Å². The topological polar surface area (TPSA) is 35.0 Å². The smallest absolute Gasteiger partial charge is 0.146 e. The van der Waals surface area contributed by atoms with Crippen LogP contribution in [0, 0.1) is 0 Å². The van der Waals surface area contributed by atoms with E-state index in [-0.39, 0.29) is 0 Å². The van der Waals surface area contributed by atoms with Gasteiger partial charge in [0.05, 0.1) is 5.69 Å². The highest BCUT2D eigenvalue weighted by Crippen LogP contribution is 2.23. The van der Waals surface area contributed by atoms with Gasteiger partial charge in [-0.05, 0) is 40.2 Å². The van der Waals surface area contributed by atoms with E-state index in [0.29, 0.717) is 6.61 Å². The summed E-state index contributed by atoms with van der Waals surface area (Å²) in [5.74, 6) is 0.780. The van der Waals surface area contributed by atoms with E-state index >= 15 is 0 Å². The Morgan fingerprint density at radius 3 is 2.74 bits per heavy atom. The van der Waals surface area contributed by atoms with Crippen LogP contribution in [0.15, 0.2) is 59.3 Å². The molecule has 0 spiro atoms. The van der Waals surface area contributed by atoms with Crippen molar-refractivity contribution in [3.8, 4) is 5.75 Å². The van der Waals surface area contributed by atoms with Crippen molar-refractivity contribution in [2.75, 3.05) is 0 Å². The second-order valence-electron chi connectivity index (χ2n) is 4.09. The van der Waals surface area contributed by atoms with Gasteiger partial charge < -0.3 is 4.74 Å². The number of hydrogen-bond donors (Lipinski definition) is 0. The van der Waals surface area contributed by atoms with Gasteiger partial charge in [0.15, 0.2) is 0 Å². The Morgan fingerprint density at radius 2 is 1.89 bits per heavy atom. The third-order valence-corrected chi connectivity index (χ3v) is 3.23. The molecule has 0 fully saturated rings. The van der Waals surface area contributed by atoms with Crippen LogP contribution in [0.1, 0.15) is 5.69 Å². The molecule has 0 radical (unpaired) electrons. The number of pyridine rings is 2. The Labute approximate surface area is 119 Å². The molecule has 3 rings (SSSR count). The molecule has 4 heteroatoms. The lowest BCUT2D eigenvalue weighted by atomic mass is 10.2. The molecular weight excluding hydrogens is 304 g/mol. The number of rotatable bonds is 3. The van der Waals surface area contributed by atoms with Gasteiger partial charge in [0.2, 0.25) is 0 Å². The van der Waals surface area contributed by atoms with Crippen LogP contribution in [0.4, 0.5) is 0 Å². The molecule has 0 unspecified atom stereocenters. The highest BCUT2D eigenvalue weighted by atomic mass is 79.9. The van der Waals surface area contributed by atoms with Crippen LogP contribution < -0.4 is 4.74 Å². The summed E-state index contributed by atoms with van der Waals surface area (Å²) in [7, 11) is 0. The summed E-state index contributed by atoms with van der Waals surface area (Å²) >= 11 is 3.36. The lowest BCUT2D eigenvalue weighted by Gasteiger charge is -2.08. The van der Waals surface area contributed by atoms with Crippen molar-refractivity contribution in [1.82, 2.24) is 9.97 Å². The average molecular weight is 315 g/mol. The number of ether oxygens (including phenoxy) is 1. The Morgan fingerprint density at radius 1 is 1.00 bits per heavy atom. The number of benzene rings is 1. The van der Waals surface area contributed by atoms with Crippen LogP contribution in [0.5, 0.6) is 5.75 Å². The lowest BCUT2D eigenvalue weighted by molar-refractivity contribution is 0.304. The number of halogens is 1. The first kappa shape index (κ1) is 12.1. The van der Waals surface area contributed by atoms with Gasteiger partial charge in [0, 0.05) is 22.3 Å². The lowest BCUT2D eigenvalue weighted by Crippen LogP contribution is -1.98. The first-order valence-electron chi connectivity index (χ1n) is 5.90. The largest absolute Gasteiger partial charge is 0.485 e. The van der Waals surface area contributed by atoms with Crippen LogP contribution in [0.2, 0.25) is 0 Å². The van der Waals surface area contributed by atoms with Crippen LogP contribution >= 0.6 is 15.9 Å². The van der Waals surface area contributed by atoms with Gasteiger partial charge >= 0.3 is 0 Å². The molecule has 19 heavy (non-hydrogen) atoms. The summed E-state index contributed by atoms with van der Waals surface area (Å²) in [6.45, 7) is 0.433. The van der Waals surface area contributed by atoms with Crippen molar-refractivity contribution in [2.45, 2.75) is 6.61 Å². The van der Waals surface area contributed by atoms with E-state index < -0.39 is 0 Å². The summed E-state index contributed by atoms with van der Waals surface area (Å²) < 4.78 is 6.77. The van der Waals surface area contributed by atoms with Gasteiger partial charge in [-0.15, -0.1) is 0 Å². The highest BCUT2D eigenvalue weighted by molar-refractivity contribution is 9.10. The minimum Gasteiger partial charge on any atom is -0.485 e. The van der Waals surface area contributed by atoms with Crippen molar-refractivity contribution in [2.24, 2.45) is 0 Å². The second kappa shape index (κ2) is 5.36. The van der Waals surface area contributed by atoms with E-state index in [1.807, 2.05) is 42.5 Å². The molecule has 0 N–H and O–H groups in total. The van der Waals surface area contributed by atoms with E-state index in [1.165, 1.54) is 0 Å². The van der Waals surface area contributed by atoms with Gasteiger partial charge in [-0.1, -0.05) is 18.2 Å². The number of para-hydroxylation sites is 1. The van der Waals surface area contributed by atoms with Crippen molar-refractivity contribution < 1.29 is 4.74 Å². The average Bonchev–Trinajstić information content (AvgIpc) is 2.47. The molecule has 3 nitrogen and oxygen atoms in total. The fourth-order valence-corrected chi connectivity index (χ4v) is 2.07. The number of aromatic nitrogens is 2. The Balaban J connectivity index is 1.84. The maximum Gasteiger partial charge on any atom is 0.146 e. The number of hydrogen-bond acceptors (Lipinski definition) is 3. The molecule has 0 saturated heterocycles. The summed E-state index contributed by atoms with van der Waals surface area (Å²) in [5.41, 5.74) is 1.76. The maximum absolute atomic E-state index is 5.80. The van der Waals surface area contributed by atoms with Crippen LogP contribution in [-0.4, -0.2) is 9.97 Å². The second-order valence-corrected chi connectivity index (χ2v) is 5.00. The molecule has 2 heterocycles. The van der Waals surface area contributed by atoms with Gasteiger partial charge in [-0.2, -0.15) is 0 Å². The van der Waals surface area contributed by atoms with Crippen molar-refractivity contribution >= 4 is 26.8 Å². The third-order valence-electron chi connectivity index (χ3n) is 2.76. The molecular formula is C15H11BrN2O. The minimum absolute atomic E-state index is 0.433. The third kappa shape index (κ3) is 2.74. The number of nitrogens with zero attached hydrogens (tertiary/aromatic N) is 2. The van der Waals surface area contributed by atoms with Crippen LogP contribution in [-0.2, 0) is 6.61 Å². The zero-order valence-electron chi connectivity index (χ0n) is 10.1. The summed E-state index contributed by atoms with van der Waals surface area (Å²) in [4.78, 5) is 8.64. The van der Waals surface area contributed by atoms with E-state index in [2.05, 4.69) is 25.9 Å². The molecule has 3 aromatic rings. The maximum atomic E-state index is 5.80. The summed E-state index contributed by atoms with van der Waals surface area (Å²) in [6, 6.07) is 13.7. The van der Waals surface area contributed by atoms with E-state index in [9.17, 15) is 0 Å². The molecule has 0 saturated carbocycles. The molecule has 94 valence electrons. The van der Waals surface area contributed by atoms with Crippen molar-refractivity contribution in [3.05, 3.63) is 65.0 Å². The summed E-state index contributed by atoms with van der Waals surface area (Å²) in [6.07, 6.45) is 3.53. The van der Waals surface area contributed by atoms with Crippen molar-refractivity contribution in [1.29, 1.82) is 0 Å². The van der Waals surface area contributed by atoms with E-state index in [4.69, 9.17) is 4.74 Å². The molecule has 0 aliphatic carbocycles. The summed E-state index contributed by atoms with van der Waals surface area (Å²) in [5, 5.41) is 1.07. The fourth-order valence-electron chi connectivity index (χ4n) is 1.84. The normalized spacial score (nSPS) is 10.6. The van der Waals surface area contributed by atoms with Crippen molar-refractivity contribution in [3.63, 3.8) is 0 Å². The Kier molecular flexibility index (Phi) is 3.42. The SMILES string of the molecule is Brc1ccc(COc2cccc3cccnc23)nc1.